The molecule has 0 unspecified atom stereocenters. The lowest BCUT2D eigenvalue weighted by molar-refractivity contribution is 0.524. The molecule has 0 saturated heterocycles. The molecule has 83 valence electrons. The van der Waals surface area contributed by atoms with E-state index < -0.39 is 0 Å². The van der Waals surface area contributed by atoms with E-state index in [1.807, 2.05) is 18.2 Å². The van der Waals surface area contributed by atoms with Crippen LogP contribution in [0.15, 0.2) is 30.3 Å². The van der Waals surface area contributed by atoms with Gasteiger partial charge in [-0.25, -0.2) is 0 Å². The van der Waals surface area contributed by atoms with Crippen molar-refractivity contribution < 1.29 is 0 Å². The third kappa shape index (κ3) is 6.16. The minimum atomic E-state index is 0.844. The molecule has 1 rings (SSSR count). The van der Waals surface area contributed by atoms with Gasteiger partial charge in [-0.3, -0.25) is 5.32 Å². The zero-order chi connectivity index (χ0) is 10.9. The van der Waals surface area contributed by atoms with Crippen LogP contribution in [0.3, 0.4) is 0 Å². The molecule has 0 aliphatic heterocycles. The fourth-order valence-corrected chi connectivity index (χ4v) is 1.58. The molecule has 0 bridgehead atoms. The first kappa shape index (κ1) is 12.1. The van der Waals surface area contributed by atoms with Crippen LogP contribution < -0.4 is 5.32 Å². The summed E-state index contributed by atoms with van der Waals surface area (Å²) in [6.45, 7) is 5.55. The summed E-state index contributed by atoms with van der Waals surface area (Å²) in [4.78, 5) is 0. The Morgan fingerprint density at radius 1 is 1.00 bits per heavy atom. The highest BCUT2D eigenvalue weighted by Gasteiger charge is 1.95. The van der Waals surface area contributed by atoms with Gasteiger partial charge in [-0.2, -0.15) is 0 Å². The Labute approximate surface area is 93.9 Å². The fraction of sp³-hybridized carbons (Fsp3) is 0.571. The minimum Gasteiger partial charge on any atom is -0.285 e. The van der Waals surface area contributed by atoms with Crippen molar-refractivity contribution in [2.75, 3.05) is 6.54 Å². The second-order valence-corrected chi connectivity index (χ2v) is 4.46. The van der Waals surface area contributed by atoms with Gasteiger partial charge >= 0.3 is 0 Å². The van der Waals surface area contributed by atoms with Crippen molar-refractivity contribution >= 4 is 5.69 Å². The van der Waals surface area contributed by atoms with E-state index in [4.69, 9.17) is 0 Å². The second-order valence-electron chi connectivity index (χ2n) is 4.46. The summed E-state index contributed by atoms with van der Waals surface area (Å²) < 4.78 is 0. The maximum atomic E-state index is 4.52. The van der Waals surface area contributed by atoms with Crippen molar-refractivity contribution in [3.8, 4) is 0 Å². The Morgan fingerprint density at radius 2 is 1.73 bits per heavy atom. The van der Waals surface area contributed by atoms with E-state index in [-0.39, 0.29) is 0 Å². The molecule has 0 aromatic heterocycles. The molecule has 0 aliphatic rings. The largest absolute Gasteiger partial charge is 0.285 e. The van der Waals surface area contributed by atoms with Gasteiger partial charge in [0, 0.05) is 6.54 Å². The molecule has 1 nitrogen and oxygen atoms in total. The molecule has 1 aromatic rings. The van der Waals surface area contributed by atoms with Gasteiger partial charge in [0.25, 0.3) is 0 Å². The quantitative estimate of drug-likeness (QED) is 0.593. The molecule has 0 N–H and O–H groups in total. The number of rotatable bonds is 7. The van der Waals surface area contributed by atoms with E-state index in [1.54, 1.807) is 0 Å². The molecule has 0 saturated carbocycles. The number of hydrogen-bond donors (Lipinski definition) is 0. The number of hydrogen-bond acceptors (Lipinski definition) is 0. The smallest absolute Gasteiger partial charge is 0.0574 e. The van der Waals surface area contributed by atoms with E-state index in [1.165, 1.54) is 25.7 Å². The van der Waals surface area contributed by atoms with Crippen molar-refractivity contribution in [2.24, 2.45) is 5.92 Å². The monoisotopic (exact) mass is 204 g/mol. The van der Waals surface area contributed by atoms with Crippen LogP contribution in [0.2, 0.25) is 0 Å². The molecule has 15 heavy (non-hydrogen) atoms. The molecular weight excluding hydrogens is 182 g/mol. The van der Waals surface area contributed by atoms with Crippen LogP contribution in [0.4, 0.5) is 5.69 Å². The van der Waals surface area contributed by atoms with Gasteiger partial charge in [0.1, 0.15) is 0 Å². The highest BCUT2D eigenvalue weighted by atomic mass is 14.9. The lowest BCUT2D eigenvalue weighted by Crippen LogP contribution is -2.00. The topological polar surface area (TPSA) is 14.1 Å². The molecule has 0 atom stereocenters. The zero-order valence-electron chi connectivity index (χ0n) is 9.95. The summed E-state index contributed by atoms with van der Waals surface area (Å²) in [7, 11) is 0. The Kier molecular flexibility index (Phi) is 5.91. The predicted molar refractivity (Wildman–Crippen MR) is 66.4 cm³/mol. The summed E-state index contributed by atoms with van der Waals surface area (Å²) in [5.74, 6) is 0.844. The molecule has 1 aromatic carbocycles. The Hall–Kier alpha value is -0.980. The Bertz CT molecular complexity index is 241. The van der Waals surface area contributed by atoms with E-state index in [9.17, 15) is 0 Å². The highest BCUT2D eigenvalue weighted by Crippen LogP contribution is 2.09. The Morgan fingerprint density at radius 3 is 2.40 bits per heavy atom. The number of para-hydroxylation sites is 1. The molecular formula is C14H22N. The average Bonchev–Trinajstić information content (AvgIpc) is 2.24. The fourth-order valence-electron chi connectivity index (χ4n) is 1.58. The average molecular weight is 204 g/mol. The first-order chi connectivity index (χ1) is 7.29. The van der Waals surface area contributed by atoms with E-state index in [0.717, 1.165) is 18.2 Å². The molecule has 1 radical (unpaired) electrons. The zero-order valence-corrected chi connectivity index (χ0v) is 9.95. The van der Waals surface area contributed by atoms with Gasteiger partial charge in [0.05, 0.1) is 5.69 Å². The molecule has 0 aliphatic carbocycles. The second kappa shape index (κ2) is 7.33. The maximum absolute atomic E-state index is 4.52. The number of benzene rings is 1. The summed E-state index contributed by atoms with van der Waals surface area (Å²) in [5, 5.41) is 4.52. The van der Waals surface area contributed by atoms with Gasteiger partial charge in [-0.1, -0.05) is 51.3 Å². The van der Waals surface area contributed by atoms with Crippen LogP contribution in [-0.4, -0.2) is 6.54 Å². The van der Waals surface area contributed by atoms with Crippen molar-refractivity contribution in [2.45, 2.75) is 39.5 Å². The van der Waals surface area contributed by atoms with Crippen LogP contribution in [0.25, 0.3) is 0 Å². The van der Waals surface area contributed by atoms with Gasteiger partial charge in [-0.15, -0.1) is 0 Å². The standard InChI is InChI=1S/C14H22N/c1-13(2)9-5-4-8-12-15-14-10-6-3-7-11-14/h3,6-7,10-11,13H,4-5,8-9,12H2,1-2H3. The number of unbranched alkanes of at least 4 members (excludes halogenated alkanes) is 2. The van der Waals surface area contributed by atoms with Gasteiger partial charge < -0.3 is 0 Å². The SMILES string of the molecule is CC(C)CCCCC[N]c1ccccc1. The van der Waals surface area contributed by atoms with E-state index in [2.05, 4.69) is 31.3 Å². The van der Waals surface area contributed by atoms with Crippen LogP contribution in [0.5, 0.6) is 0 Å². The lowest BCUT2D eigenvalue weighted by Gasteiger charge is -2.04. The lowest BCUT2D eigenvalue weighted by atomic mass is 10.1. The highest BCUT2D eigenvalue weighted by molar-refractivity contribution is 5.34. The Balaban J connectivity index is 1.98. The van der Waals surface area contributed by atoms with Crippen molar-refractivity contribution in [1.82, 2.24) is 5.32 Å². The van der Waals surface area contributed by atoms with E-state index >= 15 is 0 Å². The van der Waals surface area contributed by atoms with Crippen LogP contribution in [-0.2, 0) is 0 Å². The summed E-state index contributed by atoms with van der Waals surface area (Å²) in [6.07, 6.45) is 5.24. The molecule has 0 heterocycles. The molecule has 0 amide bonds. The van der Waals surface area contributed by atoms with E-state index in [0.29, 0.717) is 0 Å². The van der Waals surface area contributed by atoms with Crippen LogP contribution >= 0.6 is 0 Å². The maximum Gasteiger partial charge on any atom is 0.0574 e. The third-order valence-corrected chi connectivity index (χ3v) is 2.49. The molecule has 0 spiro atoms. The first-order valence-electron chi connectivity index (χ1n) is 6.01. The summed E-state index contributed by atoms with van der Waals surface area (Å²) in [5.41, 5.74) is 1.11. The van der Waals surface area contributed by atoms with Crippen LogP contribution in [0.1, 0.15) is 39.5 Å². The number of nitrogens with zero attached hydrogens (tertiary/aromatic N) is 1. The van der Waals surface area contributed by atoms with Gasteiger partial charge in [0.15, 0.2) is 0 Å². The first-order valence-corrected chi connectivity index (χ1v) is 6.01. The van der Waals surface area contributed by atoms with Gasteiger partial charge in [-0.05, 0) is 24.5 Å². The normalized spacial score (nSPS) is 10.6. The predicted octanol–water partition coefficient (Wildman–Crippen LogP) is 4.14. The van der Waals surface area contributed by atoms with Crippen molar-refractivity contribution in [1.29, 1.82) is 0 Å². The van der Waals surface area contributed by atoms with Crippen molar-refractivity contribution in [3.05, 3.63) is 30.3 Å². The summed E-state index contributed by atoms with van der Waals surface area (Å²) >= 11 is 0. The third-order valence-electron chi connectivity index (χ3n) is 2.49. The van der Waals surface area contributed by atoms with Crippen molar-refractivity contribution in [3.63, 3.8) is 0 Å². The molecule has 0 fully saturated rings. The molecule has 1 heteroatoms. The minimum absolute atomic E-state index is 0.844. The van der Waals surface area contributed by atoms with Gasteiger partial charge in [0.2, 0.25) is 0 Å². The summed E-state index contributed by atoms with van der Waals surface area (Å²) in [6, 6.07) is 10.2. The van der Waals surface area contributed by atoms with Crippen LogP contribution in [0, 0.1) is 5.92 Å².